The van der Waals surface area contributed by atoms with Gasteiger partial charge in [0.1, 0.15) is 5.75 Å². The van der Waals surface area contributed by atoms with Crippen molar-refractivity contribution < 1.29 is 32.6 Å². The van der Waals surface area contributed by atoms with Crippen molar-refractivity contribution in [2.75, 3.05) is 11.9 Å². The van der Waals surface area contributed by atoms with E-state index in [2.05, 4.69) is 5.32 Å². The van der Waals surface area contributed by atoms with Gasteiger partial charge in [-0.1, -0.05) is 25.1 Å². The van der Waals surface area contributed by atoms with Crippen LogP contribution in [0.1, 0.15) is 30.4 Å². The first kappa shape index (κ1) is 20.3. The molecule has 1 amide bonds. The molecule has 0 spiro atoms. The van der Waals surface area contributed by atoms with E-state index in [-0.39, 0.29) is 12.0 Å². The van der Waals surface area contributed by atoms with Crippen LogP contribution >= 0.6 is 0 Å². The largest absolute Gasteiger partial charge is 0.482 e. The molecule has 0 radical (unpaired) electrons. The maximum atomic E-state index is 13.1. The van der Waals surface area contributed by atoms with Crippen LogP contribution in [0.2, 0.25) is 0 Å². The lowest BCUT2D eigenvalue weighted by Crippen LogP contribution is -2.17. The first-order chi connectivity index (χ1) is 12.7. The summed E-state index contributed by atoms with van der Waals surface area (Å²) in [5, 5.41) is 11.1. The number of alkyl halides is 3. The van der Waals surface area contributed by atoms with E-state index in [0.29, 0.717) is 11.4 Å². The fourth-order valence-corrected chi connectivity index (χ4v) is 2.56. The number of amides is 1. The first-order valence-corrected chi connectivity index (χ1v) is 8.07. The highest BCUT2D eigenvalue weighted by molar-refractivity contribution is 5.91. The maximum Gasteiger partial charge on any atom is 0.416 e. The standard InChI is InChI=1S/C19H18F3NO4/c1-12(15-4-2-3-5-16(15)19(20,21)22)10-17(24)23-13-6-8-14(9-7-13)27-11-18(25)26/h2-9,12H,10-11H2,1H3,(H,23,24)(H,25,26). The number of aliphatic carboxylic acids is 1. The van der Waals surface area contributed by atoms with E-state index in [0.717, 1.165) is 6.07 Å². The number of carbonyl (C=O) groups excluding carboxylic acids is 1. The molecule has 2 aromatic rings. The van der Waals surface area contributed by atoms with E-state index in [1.807, 2.05) is 0 Å². The SMILES string of the molecule is CC(CC(=O)Nc1ccc(OCC(=O)O)cc1)c1ccccc1C(F)(F)F. The Hall–Kier alpha value is -3.03. The van der Waals surface area contributed by atoms with Crippen molar-refractivity contribution in [2.45, 2.75) is 25.4 Å². The van der Waals surface area contributed by atoms with Gasteiger partial charge in [-0.25, -0.2) is 4.79 Å². The fraction of sp³-hybridized carbons (Fsp3) is 0.263. The zero-order valence-electron chi connectivity index (χ0n) is 14.4. The molecular formula is C19H18F3NO4. The normalized spacial score (nSPS) is 12.3. The Kier molecular flexibility index (Phi) is 6.44. The molecule has 27 heavy (non-hydrogen) atoms. The second-order valence-electron chi connectivity index (χ2n) is 5.95. The summed E-state index contributed by atoms with van der Waals surface area (Å²) < 4.78 is 44.3. The second-order valence-corrected chi connectivity index (χ2v) is 5.95. The fourth-order valence-electron chi connectivity index (χ4n) is 2.56. The molecule has 144 valence electrons. The van der Waals surface area contributed by atoms with E-state index < -0.39 is 36.1 Å². The van der Waals surface area contributed by atoms with Gasteiger partial charge in [0.2, 0.25) is 5.91 Å². The summed E-state index contributed by atoms with van der Waals surface area (Å²) in [5.74, 6) is -1.84. The van der Waals surface area contributed by atoms with Gasteiger partial charge in [0.15, 0.2) is 6.61 Å². The molecule has 0 heterocycles. The molecule has 0 saturated heterocycles. The topological polar surface area (TPSA) is 75.6 Å². The highest BCUT2D eigenvalue weighted by Crippen LogP contribution is 2.36. The summed E-state index contributed by atoms with van der Waals surface area (Å²) in [4.78, 5) is 22.6. The monoisotopic (exact) mass is 381 g/mol. The highest BCUT2D eigenvalue weighted by atomic mass is 19.4. The summed E-state index contributed by atoms with van der Waals surface area (Å²) in [6, 6.07) is 11.2. The molecule has 1 atom stereocenters. The average Bonchev–Trinajstić information content (AvgIpc) is 2.60. The molecule has 0 aliphatic carbocycles. The number of hydrogen-bond acceptors (Lipinski definition) is 3. The molecular weight excluding hydrogens is 363 g/mol. The third-order valence-electron chi connectivity index (χ3n) is 3.79. The zero-order chi connectivity index (χ0) is 20.0. The average molecular weight is 381 g/mol. The lowest BCUT2D eigenvalue weighted by molar-refractivity contribution is -0.139. The Morgan fingerprint density at radius 1 is 1.11 bits per heavy atom. The molecule has 2 rings (SSSR count). The van der Waals surface area contributed by atoms with Crippen LogP contribution < -0.4 is 10.1 Å². The van der Waals surface area contributed by atoms with Crippen molar-refractivity contribution in [3.8, 4) is 5.75 Å². The summed E-state index contributed by atoms with van der Waals surface area (Å²) in [6.45, 7) is 1.08. The summed E-state index contributed by atoms with van der Waals surface area (Å²) in [6.07, 6.45) is -4.60. The number of rotatable bonds is 7. The van der Waals surface area contributed by atoms with Crippen LogP contribution in [0, 0.1) is 0 Å². The quantitative estimate of drug-likeness (QED) is 0.750. The van der Waals surface area contributed by atoms with Crippen LogP contribution in [0.25, 0.3) is 0 Å². The molecule has 1 unspecified atom stereocenters. The van der Waals surface area contributed by atoms with E-state index in [1.54, 1.807) is 6.92 Å². The predicted octanol–water partition coefficient (Wildman–Crippen LogP) is 4.30. The minimum Gasteiger partial charge on any atom is -0.482 e. The Bertz CT molecular complexity index is 803. The first-order valence-electron chi connectivity index (χ1n) is 8.07. The number of nitrogens with one attached hydrogen (secondary N) is 1. The summed E-state index contributed by atoms with van der Waals surface area (Å²) in [5.41, 5.74) is -0.248. The van der Waals surface area contributed by atoms with Crippen LogP contribution in [0.3, 0.4) is 0 Å². The molecule has 0 aliphatic rings. The van der Waals surface area contributed by atoms with E-state index in [9.17, 15) is 22.8 Å². The van der Waals surface area contributed by atoms with Gasteiger partial charge in [0.25, 0.3) is 0 Å². The van der Waals surface area contributed by atoms with Gasteiger partial charge in [-0.2, -0.15) is 13.2 Å². The third kappa shape index (κ3) is 6.02. The van der Waals surface area contributed by atoms with Crippen LogP contribution in [0.5, 0.6) is 5.75 Å². The van der Waals surface area contributed by atoms with Crippen LogP contribution in [0.15, 0.2) is 48.5 Å². The van der Waals surface area contributed by atoms with Crippen LogP contribution in [-0.4, -0.2) is 23.6 Å². The van der Waals surface area contributed by atoms with Gasteiger partial charge in [0.05, 0.1) is 5.56 Å². The van der Waals surface area contributed by atoms with E-state index in [1.165, 1.54) is 42.5 Å². The number of hydrogen-bond donors (Lipinski definition) is 2. The molecule has 8 heteroatoms. The molecule has 0 bridgehead atoms. The van der Waals surface area contributed by atoms with Gasteiger partial charge >= 0.3 is 12.1 Å². The van der Waals surface area contributed by atoms with Crippen molar-refractivity contribution in [3.63, 3.8) is 0 Å². The number of ether oxygens (including phenoxy) is 1. The molecule has 5 nitrogen and oxygen atoms in total. The molecule has 0 fully saturated rings. The lowest BCUT2D eigenvalue weighted by Gasteiger charge is -2.18. The minimum atomic E-state index is -4.48. The minimum absolute atomic E-state index is 0.0672. The Morgan fingerprint density at radius 3 is 2.33 bits per heavy atom. The summed E-state index contributed by atoms with van der Waals surface area (Å²) in [7, 11) is 0. The van der Waals surface area contributed by atoms with Gasteiger partial charge in [-0.3, -0.25) is 4.79 Å². The lowest BCUT2D eigenvalue weighted by atomic mass is 9.92. The number of anilines is 1. The molecule has 2 N–H and O–H groups in total. The molecule has 2 aromatic carbocycles. The van der Waals surface area contributed by atoms with E-state index >= 15 is 0 Å². The van der Waals surface area contributed by atoms with Crippen molar-refractivity contribution in [2.24, 2.45) is 0 Å². The number of halogens is 3. The van der Waals surface area contributed by atoms with Crippen LogP contribution in [0.4, 0.5) is 18.9 Å². The van der Waals surface area contributed by atoms with Gasteiger partial charge in [0, 0.05) is 12.1 Å². The van der Waals surface area contributed by atoms with Crippen molar-refractivity contribution in [1.29, 1.82) is 0 Å². The summed E-state index contributed by atoms with van der Waals surface area (Å²) >= 11 is 0. The molecule has 0 saturated carbocycles. The molecule has 0 aliphatic heterocycles. The van der Waals surface area contributed by atoms with Gasteiger partial charge < -0.3 is 15.2 Å². The van der Waals surface area contributed by atoms with Crippen molar-refractivity contribution in [1.82, 2.24) is 0 Å². The van der Waals surface area contributed by atoms with Gasteiger partial charge in [-0.15, -0.1) is 0 Å². The van der Waals surface area contributed by atoms with Gasteiger partial charge in [-0.05, 0) is 41.8 Å². The number of carboxylic acids is 1. The molecule has 0 aromatic heterocycles. The predicted molar refractivity (Wildman–Crippen MR) is 92.7 cm³/mol. The van der Waals surface area contributed by atoms with Crippen molar-refractivity contribution in [3.05, 3.63) is 59.7 Å². The zero-order valence-corrected chi connectivity index (χ0v) is 14.4. The van der Waals surface area contributed by atoms with Crippen molar-refractivity contribution >= 4 is 17.6 Å². The Morgan fingerprint density at radius 2 is 1.74 bits per heavy atom. The third-order valence-corrected chi connectivity index (χ3v) is 3.79. The second kappa shape index (κ2) is 8.57. The smallest absolute Gasteiger partial charge is 0.416 e. The number of carbonyl (C=O) groups is 2. The Balaban J connectivity index is 1.99. The Labute approximate surface area is 153 Å². The number of carboxylic acid groups (broad SMARTS) is 1. The highest BCUT2D eigenvalue weighted by Gasteiger charge is 2.34. The maximum absolute atomic E-state index is 13.1. The van der Waals surface area contributed by atoms with E-state index in [4.69, 9.17) is 9.84 Å². The number of benzene rings is 2. The van der Waals surface area contributed by atoms with Crippen LogP contribution in [-0.2, 0) is 15.8 Å².